The Labute approximate surface area is 142 Å². The van der Waals surface area contributed by atoms with Crippen molar-refractivity contribution in [1.29, 1.82) is 0 Å². The van der Waals surface area contributed by atoms with Crippen LogP contribution < -0.4 is 0 Å². The van der Waals surface area contributed by atoms with Crippen LogP contribution in [0.15, 0.2) is 54.7 Å². The molecular formula is C19H14N2O2S. The molecule has 0 saturated heterocycles. The molecule has 24 heavy (non-hydrogen) atoms. The third kappa shape index (κ3) is 2.63. The number of nitrogens with zero attached hydrogens (tertiary/aromatic N) is 2. The van der Waals surface area contributed by atoms with Crippen molar-refractivity contribution in [2.45, 2.75) is 12.8 Å². The van der Waals surface area contributed by atoms with E-state index in [1.807, 2.05) is 36.4 Å². The van der Waals surface area contributed by atoms with Gasteiger partial charge >= 0.3 is 0 Å². The Morgan fingerprint density at radius 2 is 1.96 bits per heavy atom. The lowest BCUT2D eigenvalue weighted by molar-refractivity contribution is 0.0980. The number of hydrogen-bond donors (Lipinski definition) is 1. The first-order valence-electron chi connectivity index (χ1n) is 7.67. The van der Waals surface area contributed by atoms with E-state index in [0.717, 1.165) is 20.6 Å². The SMILES string of the molecule is O=C(CCc1nc2ccccc2s1)c1ccc2cccnc2c1O. The lowest BCUT2D eigenvalue weighted by atomic mass is 10.0. The van der Waals surface area contributed by atoms with Crippen LogP contribution in [0.25, 0.3) is 21.1 Å². The maximum absolute atomic E-state index is 12.5. The van der Waals surface area contributed by atoms with Gasteiger partial charge in [0, 0.05) is 24.4 Å². The van der Waals surface area contributed by atoms with Crippen LogP contribution in [-0.2, 0) is 6.42 Å². The number of phenolic OH excluding ortho intramolecular Hbond substituents is 1. The lowest BCUT2D eigenvalue weighted by Gasteiger charge is -2.06. The van der Waals surface area contributed by atoms with E-state index in [1.54, 1.807) is 29.7 Å². The largest absolute Gasteiger partial charge is 0.505 e. The average molecular weight is 334 g/mol. The number of hydrogen-bond acceptors (Lipinski definition) is 5. The minimum Gasteiger partial charge on any atom is -0.505 e. The molecular weight excluding hydrogens is 320 g/mol. The molecule has 4 rings (SSSR count). The molecule has 0 aliphatic rings. The predicted molar refractivity (Wildman–Crippen MR) is 95.7 cm³/mol. The summed E-state index contributed by atoms with van der Waals surface area (Å²) in [5.74, 6) is -0.137. The number of thiazole rings is 1. The molecule has 0 bridgehead atoms. The third-order valence-electron chi connectivity index (χ3n) is 3.95. The van der Waals surface area contributed by atoms with Crippen molar-refractivity contribution < 1.29 is 9.90 Å². The zero-order chi connectivity index (χ0) is 16.5. The van der Waals surface area contributed by atoms with E-state index in [1.165, 1.54) is 0 Å². The van der Waals surface area contributed by atoms with Gasteiger partial charge in [-0.25, -0.2) is 4.98 Å². The maximum Gasteiger partial charge on any atom is 0.167 e. The lowest BCUT2D eigenvalue weighted by Crippen LogP contribution is -2.02. The molecule has 0 unspecified atom stereocenters. The molecule has 0 aliphatic heterocycles. The highest BCUT2D eigenvalue weighted by Crippen LogP contribution is 2.28. The summed E-state index contributed by atoms with van der Waals surface area (Å²) in [4.78, 5) is 21.2. The molecule has 0 saturated carbocycles. The monoisotopic (exact) mass is 334 g/mol. The first kappa shape index (κ1) is 14.8. The number of carbonyl (C=O) groups is 1. The molecule has 0 radical (unpaired) electrons. The smallest absolute Gasteiger partial charge is 0.167 e. The van der Waals surface area contributed by atoms with E-state index >= 15 is 0 Å². The molecule has 4 aromatic rings. The number of phenols is 1. The normalized spacial score (nSPS) is 11.2. The highest BCUT2D eigenvalue weighted by molar-refractivity contribution is 7.18. The quantitative estimate of drug-likeness (QED) is 0.563. The Hall–Kier alpha value is -2.79. The van der Waals surface area contributed by atoms with Crippen LogP contribution >= 0.6 is 11.3 Å². The summed E-state index contributed by atoms with van der Waals surface area (Å²) in [6.07, 6.45) is 2.49. The minimum atomic E-state index is -0.0979. The van der Waals surface area contributed by atoms with E-state index in [9.17, 15) is 9.90 Å². The van der Waals surface area contributed by atoms with Crippen LogP contribution in [0.5, 0.6) is 5.75 Å². The molecule has 1 N–H and O–H groups in total. The van der Waals surface area contributed by atoms with Crippen LogP contribution in [0.4, 0.5) is 0 Å². The first-order valence-corrected chi connectivity index (χ1v) is 8.48. The fraction of sp³-hybridized carbons (Fsp3) is 0.105. The van der Waals surface area contributed by atoms with E-state index in [2.05, 4.69) is 9.97 Å². The predicted octanol–water partition coefficient (Wildman–Crippen LogP) is 4.37. The van der Waals surface area contributed by atoms with Gasteiger partial charge < -0.3 is 5.11 Å². The fourth-order valence-corrected chi connectivity index (χ4v) is 3.70. The maximum atomic E-state index is 12.5. The van der Waals surface area contributed by atoms with E-state index in [-0.39, 0.29) is 11.5 Å². The van der Waals surface area contributed by atoms with Crippen molar-refractivity contribution in [2.24, 2.45) is 0 Å². The van der Waals surface area contributed by atoms with Gasteiger partial charge in [-0.2, -0.15) is 0 Å². The van der Waals surface area contributed by atoms with Gasteiger partial charge in [-0.1, -0.05) is 24.3 Å². The molecule has 5 heteroatoms. The number of fused-ring (bicyclic) bond motifs is 2. The van der Waals surface area contributed by atoms with Gasteiger partial charge in [0.25, 0.3) is 0 Å². The second kappa shape index (κ2) is 6.02. The number of aryl methyl sites for hydroxylation is 1. The second-order valence-corrected chi connectivity index (χ2v) is 6.65. The molecule has 0 amide bonds. The molecule has 0 aliphatic carbocycles. The van der Waals surface area contributed by atoms with E-state index in [0.29, 0.717) is 23.9 Å². The molecule has 0 atom stereocenters. The van der Waals surface area contributed by atoms with Gasteiger partial charge in [0.05, 0.1) is 20.8 Å². The highest BCUT2D eigenvalue weighted by atomic mass is 32.1. The van der Waals surface area contributed by atoms with E-state index in [4.69, 9.17) is 0 Å². The number of benzene rings is 2. The number of para-hydroxylation sites is 1. The number of rotatable bonds is 4. The summed E-state index contributed by atoms with van der Waals surface area (Å²) < 4.78 is 1.12. The highest BCUT2D eigenvalue weighted by Gasteiger charge is 2.15. The third-order valence-corrected chi connectivity index (χ3v) is 5.05. The Morgan fingerprint density at radius 1 is 1.08 bits per heavy atom. The molecule has 2 aromatic heterocycles. The average Bonchev–Trinajstić information content (AvgIpc) is 3.03. The summed E-state index contributed by atoms with van der Waals surface area (Å²) in [6.45, 7) is 0. The number of ketones is 1. The second-order valence-electron chi connectivity index (χ2n) is 5.54. The standard InChI is InChI=1S/C19H14N2O2S/c22-15(9-10-17-21-14-5-1-2-6-16(14)24-17)13-8-7-12-4-3-11-20-18(12)19(13)23/h1-8,11,23H,9-10H2. The van der Waals surface area contributed by atoms with Gasteiger partial charge in [-0.15, -0.1) is 11.3 Å². The number of Topliss-reactive ketones (excluding diaryl/α,β-unsaturated/α-hetero) is 1. The Balaban J connectivity index is 1.57. The van der Waals surface area contributed by atoms with Crippen LogP contribution in [0.3, 0.4) is 0 Å². The molecule has 118 valence electrons. The summed E-state index contributed by atoms with van der Waals surface area (Å²) in [6, 6.07) is 15.1. The molecule has 2 aromatic carbocycles. The van der Waals surface area contributed by atoms with Gasteiger partial charge in [0.1, 0.15) is 5.52 Å². The van der Waals surface area contributed by atoms with Gasteiger partial charge in [-0.3, -0.25) is 9.78 Å². The van der Waals surface area contributed by atoms with Crippen molar-refractivity contribution in [2.75, 3.05) is 0 Å². The zero-order valence-electron chi connectivity index (χ0n) is 12.8. The minimum absolute atomic E-state index is 0.0394. The summed E-state index contributed by atoms with van der Waals surface area (Å²) >= 11 is 1.60. The van der Waals surface area contributed by atoms with Crippen molar-refractivity contribution in [3.8, 4) is 5.75 Å². The molecule has 0 spiro atoms. The Morgan fingerprint density at radius 3 is 2.83 bits per heavy atom. The van der Waals surface area contributed by atoms with Crippen molar-refractivity contribution >= 4 is 38.2 Å². The topological polar surface area (TPSA) is 63.1 Å². The van der Waals surface area contributed by atoms with Crippen molar-refractivity contribution in [3.05, 3.63) is 65.3 Å². The molecule has 4 nitrogen and oxygen atoms in total. The zero-order valence-corrected chi connectivity index (χ0v) is 13.6. The molecule has 2 heterocycles. The van der Waals surface area contributed by atoms with Crippen molar-refractivity contribution in [3.63, 3.8) is 0 Å². The van der Waals surface area contributed by atoms with E-state index < -0.39 is 0 Å². The van der Waals surface area contributed by atoms with Crippen LogP contribution in [0.2, 0.25) is 0 Å². The number of aromatic hydroxyl groups is 1. The summed E-state index contributed by atoms with van der Waals surface area (Å²) in [5.41, 5.74) is 1.74. The Kier molecular flexibility index (Phi) is 3.70. The fourth-order valence-electron chi connectivity index (χ4n) is 2.74. The van der Waals surface area contributed by atoms with Crippen LogP contribution in [0, 0.1) is 0 Å². The van der Waals surface area contributed by atoms with Gasteiger partial charge in [-0.05, 0) is 24.3 Å². The number of aromatic nitrogens is 2. The Bertz CT molecular complexity index is 1020. The summed E-state index contributed by atoms with van der Waals surface area (Å²) in [7, 11) is 0. The summed E-state index contributed by atoms with van der Waals surface area (Å²) in [5, 5.41) is 12.1. The number of pyridine rings is 1. The van der Waals surface area contributed by atoms with Crippen LogP contribution in [0.1, 0.15) is 21.8 Å². The van der Waals surface area contributed by atoms with Crippen molar-refractivity contribution in [1.82, 2.24) is 9.97 Å². The van der Waals surface area contributed by atoms with Gasteiger partial charge in [0.2, 0.25) is 0 Å². The first-order chi connectivity index (χ1) is 11.7. The molecule has 0 fully saturated rings. The number of carbonyl (C=O) groups excluding carboxylic acids is 1. The van der Waals surface area contributed by atoms with Gasteiger partial charge in [0.15, 0.2) is 11.5 Å². The van der Waals surface area contributed by atoms with Crippen LogP contribution in [-0.4, -0.2) is 20.9 Å².